The van der Waals surface area contributed by atoms with Crippen molar-refractivity contribution >= 4 is 36.9 Å². The van der Waals surface area contributed by atoms with E-state index in [1.54, 1.807) is 6.08 Å². The maximum atomic E-state index is 12.3. The van der Waals surface area contributed by atoms with Crippen LogP contribution in [0.1, 0.15) is 72.1 Å². The van der Waals surface area contributed by atoms with Gasteiger partial charge in [0.25, 0.3) is 0 Å². The number of hydrogen-bond acceptors (Lipinski definition) is 7. The summed E-state index contributed by atoms with van der Waals surface area (Å²) in [6.45, 7) is 12.9. The summed E-state index contributed by atoms with van der Waals surface area (Å²) >= 11 is 1.34. The largest absolute Gasteiger partial charge is 0.466 e. The maximum absolute atomic E-state index is 12.3. The zero-order valence-electron chi connectivity index (χ0n) is 21.7. The van der Waals surface area contributed by atoms with Crippen molar-refractivity contribution in [3.05, 3.63) is 12.2 Å². The monoisotopic (exact) mass is 501 g/mol. The number of unbranched alkanes of at least 4 members (excludes halogenated alkanes) is 4. The third-order valence-electron chi connectivity index (χ3n) is 5.12. The standard InChI is InChI=1S/C25H47NO5SSi/c1-7-8-9-10-11-15-23(28)32-17-13-12-14-21(31-25(29)24(26)20(2)3)19-22(27)30-16-18-33(4,5)6/h12,14,20-21,24H,7-11,13,15-19,26H2,1-6H3/b14-12+/t21-,24+/m1/s1. The topological polar surface area (TPSA) is 95.7 Å². The predicted octanol–water partition coefficient (Wildman–Crippen LogP) is 5.72. The molecule has 0 aliphatic heterocycles. The molecule has 0 aromatic rings. The van der Waals surface area contributed by atoms with Crippen LogP contribution in [0.25, 0.3) is 0 Å². The molecule has 2 atom stereocenters. The number of thioether (sulfide) groups is 1. The molecule has 0 aromatic carbocycles. The van der Waals surface area contributed by atoms with Crippen LogP contribution in [0.2, 0.25) is 25.7 Å². The summed E-state index contributed by atoms with van der Waals surface area (Å²) < 4.78 is 10.8. The lowest BCUT2D eigenvalue weighted by atomic mass is 10.1. The first-order chi connectivity index (χ1) is 15.5. The molecule has 0 radical (unpaired) electrons. The highest BCUT2D eigenvalue weighted by Gasteiger charge is 2.24. The third-order valence-corrected chi connectivity index (χ3v) is 7.79. The molecule has 0 unspecified atom stereocenters. The fourth-order valence-electron chi connectivity index (χ4n) is 2.78. The van der Waals surface area contributed by atoms with E-state index in [4.69, 9.17) is 15.2 Å². The van der Waals surface area contributed by atoms with E-state index >= 15 is 0 Å². The molecule has 0 spiro atoms. The van der Waals surface area contributed by atoms with Crippen LogP contribution < -0.4 is 5.73 Å². The summed E-state index contributed by atoms with van der Waals surface area (Å²) in [5.74, 6) is -0.309. The number of hydrogen-bond donors (Lipinski definition) is 1. The Labute approximate surface area is 206 Å². The molecule has 0 amide bonds. The lowest BCUT2D eigenvalue weighted by molar-refractivity contribution is -0.154. The number of ether oxygens (including phenoxy) is 2. The van der Waals surface area contributed by atoms with Crippen molar-refractivity contribution in [1.82, 2.24) is 0 Å². The van der Waals surface area contributed by atoms with Crippen LogP contribution in [0.4, 0.5) is 0 Å². The minimum absolute atomic E-state index is 0.0391. The van der Waals surface area contributed by atoms with Gasteiger partial charge in [0.2, 0.25) is 0 Å². The summed E-state index contributed by atoms with van der Waals surface area (Å²) in [6, 6.07) is 0.149. The Bertz CT molecular complexity index is 604. The summed E-state index contributed by atoms with van der Waals surface area (Å²) in [5, 5.41) is 0.219. The summed E-state index contributed by atoms with van der Waals surface area (Å²) in [5.41, 5.74) is 5.89. The summed E-state index contributed by atoms with van der Waals surface area (Å²) in [4.78, 5) is 36.5. The van der Waals surface area contributed by atoms with Gasteiger partial charge >= 0.3 is 11.9 Å². The Balaban J connectivity index is 4.57. The first kappa shape index (κ1) is 31.9. The van der Waals surface area contributed by atoms with Gasteiger partial charge in [0.1, 0.15) is 12.1 Å². The number of esters is 2. The van der Waals surface area contributed by atoms with Crippen LogP contribution in [0.3, 0.4) is 0 Å². The van der Waals surface area contributed by atoms with Crippen LogP contribution in [0.5, 0.6) is 0 Å². The van der Waals surface area contributed by atoms with E-state index in [2.05, 4.69) is 26.6 Å². The van der Waals surface area contributed by atoms with Crippen molar-refractivity contribution in [3.63, 3.8) is 0 Å². The van der Waals surface area contributed by atoms with Crippen molar-refractivity contribution in [2.45, 2.75) is 110 Å². The predicted molar refractivity (Wildman–Crippen MR) is 141 cm³/mol. The van der Waals surface area contributed by atoms with Crippen LogP contribution in [0, 0.1) is 5.92 Å². The fourth-order valence-corrected chi connectivity index (χ4v) is 4.26. The van der Waals surface area contributed by atoms with E-state index in [9.17, 15) is 14.4 Å². The number of rotatable bonds is 18. The Morgan fingerprint density at radius 3 is 2.33 bits per heavy atom. The lowest BCUT2D eigenvalue weighted by Crippen LogP contribution is -2.39. The SMILES string of the molecule is CCCCCCCC(=O)SCC/C=C/[C@H](CC(=O)OCC[Si](C)(C)C)OC(=O)[C@@H](N)C(C)C. The van der Waals surface area contributed by atoms with Crippen molar-refractivity contribution in [1.29, 1.82) is 0 Å². The zero-order valence-corrected chi connectivity index (χ0v) is 23.5. The van der Waals surface area contributed by atoms with Crippen LogP contribution >= 0.6 is 11.8 Å². The molecule has 0 aliphatic rings. The molecule has 0 heterocycles. The van der Waals surface area contributed by atoms with Gasteiger partial charge in [-0.3, -0.25) is 14.4 Å². The maximum Gasteiger partial charge on any atom is 0.323 e. The van der Waals surface area contributed by atoms with Crippen molar-refractivity contribution < 1.29 is 23.9 Å². The highest BCUT2D eigenvalue weighted by molar-refractivity contribution is 8.13. The average molecular weight is 502 g/mol. The second kappa shape index (κ2) is 18.2. The van der Waals surface area contributed by atoms with Crippen LogP contribution in [0.15, 0.2) is 12.2 Å². The smallest absolute Gasteiger partial charge is 0.323 e. The molecule has 33 heavy (non-hydrogen) atoms. The quantitative estimate of drug-likeness (QED) is 0.111. The van der Waals surface area contributed by atoms with E-state index in [-0.39, 0.29) is 23.4 Å². The molecule has 0 aliphatic carbocycles. The Morgan fingerprint density at radius 1 is 1.06 bits per heavy atom. The third kappa shape index (κ3) is 18.9. The normalized spacial score (nSPS) is 13.8. The molecule has 0 fully saturated rings. The number of nitrogens with two attached hydrogens (primary N) is 1. The molecule has 8 heteroatoms. The second-order valence-electron chi connectivity index (χ2n) is 10.1. The molecule has 6 nitrogen and oxygen atoms in total. The van der Waals surface area contributed by atoms with Crippen LogP contribution in [-0.2, 0) is 23.9 Å². The Hall–Kier alpha value is -1.12. The molecular formula is C25H47NO5SSi. The molecule has 0 saturated carbocycles. The van der Waals surface area contributed by atoms with Gasteiger partial charge in [-0.15, -0.1) is 0 Å². The van der Waals surface area contributed by atoms with Gasteiger partial charge in [0.05, 0.1) is 13.0 Å². The zero-order chi connectivity index (χ0) is 25.3. The molecule has 192 valence electrons. The van der Waals surface area contributed by atoms with Gasteiger partial charge in [-0.25, -0.2) is 0 Å². The van der Waals surface area contributed by atoms with E-state index in [1.807, 2.05) is 19.9 Å². The van der Waals surface area contributed by atoms with E-state index in [1.165, 1.54) is 31.0 Å². The Kier molecular flexibility index (Phi) is 17.6. The molecular weight excluding hydrogens is 454 g/mol. The van der Waals surface area contributed by atoms with Gasteiger partial charge in [0.15, 0.2) is 5.12 Å². The fraction of sp³-hybridized carbons (Fsp3) is 0.800. The van der Waals surface area contributed by atoms with Gasteiger partial charge in [-0.05, 0) is 30.9 Å². The van der Waals surface area contributed by atoms with Crippen molar-refractivity contribution in [2.24, 2.45) is 11.7 Å². The Morgan fingerprint density at radius 2 is 1.73 bits per heavy atom. The van der Waals surface area contributed by atoms with E-state index < -0.39 is 26.2 Å². The van der Waals surface area contributed by atoms with Gasteiger partial charge in [-0.1, -0.05) is 83.9 Å². The number of carbonyl (C=O) groups excluding carboxylic acids is 3. The first-order valence-corrected chi connectivity index (χ1v) is 17.1. The van der Waals surface area contributed by atoms with Gasteiger partial charge in [-0.2, -0.15) is 0 Å². The van der Waals surface area contributed by atoms with Crippen molar-refractivity contribution in [2.75, 3.05) is 12.4 Å². The molecule has 0 aromatic heterocycles. The van der Waals surface area contributed by atoms with E-state index in [0.29, 0.717) is 25.2 Å². The average Bonchev–Trinajstić information content (AvgIpc) is 2.71. The summed E-state index contributed by atoms with van der Waals surface area (Å²) in [6.07, 6.45) is 9.76. The minimum atomic E-state index is -1.30. The molecule has 0 bridgehead atoms. The van der Waals surface area contributed by atoms with Crippen molar-refractivity contribution in [3.8, 4) is 0 Å². The van der Waals surface area contributed by atoms with E-state index in [0.717, 1.165) is 18.9 Å². The first-order valence-electron chi connectivity index (χ1n) is 12.4. The van der Waals surface area contributed by atoms with Gasteiger partial charge < -0.3 is 15.2 Å². The highest BCUT2D eigenvalue weighted by Crippen LogP contribution is 2.14. The van der Waals surface area contributed by atoms with Crippen LogP contribution in [-0.4, -0.2) is 49.6 Å². The molecule has 0 saturated heterocycles. The number of allylic oxidation sites excluding steroid dienone is 1. The lowest BCUT2D eigenvalue weighted by Gasteiger charge is -2.20. The minimum Gasteiger partial charge on any atom is -0.466 e. The molecule has 0 rings (SSSR count). The second-order valence-corrected chi connectivity index (χ2v) is 16.9. The highest BCUT2D eigenvalue weighted by atomic mass is 32.2. The van der Waals surface area contributed by atoms with Gasteiger partial charge in [0, 0.05) is 20.2 Å². The number of carbonyl (C=O) groups is 3. The molecule has 2 N–H and O–H groups in total. The summed E-state index contributed by atoms with van der Waals surface area (Å²) in [7, 11) is -1.30.